The summed E-state index contributed by atoms with van der Waals surface area (Å²) in [5, 5.41) is 0. The highest BCUT2D eigenvalue weighted by Gasteiger charge is 2.11. The summed E-state index contributed by atoms with van der Waals surface area (Å²) in [7, 11) is -3.26. The fraction of sp³-hybridized carbons (Fsp3) is 0. The van der Waals surface area contributed by atoms with Crippen LogP contribution in [-0.4, -0.2) is 20.8 Å². The van der Waals surface area contributed by atoms with E-state index in [1.165, 1.54) is 18.5 Å². The topological polar surface area (TPSA) is 89.4 Å². The standard InChI is InChI=1S/C5H5N2O4P/c8-5(11-12(9)10)4-6-2-1-3-7-4/h1-3,12H,(H,9,10). The molecule has 1 heterocycles. The third kappa shape index (κ3) is 2.41. The summed E-state index contributed by atoms with van der Waals surface area (Å²) in [6.45, 7) is 0. The molecule has 1 unspecified atom stereocenters. The number of hydrogen-bond acceptors (Lipinski definition) is 5. The van der Waals surface area contributed by atoms with E-state index in [-0.39, 0.29) is 5.82 Å². The van der Waals surface area contributed by atoms with Gasteiger partial charge in [-0.05, 0) is 6.07 Å². The zero-order valence-electron chi connectivity index (χ0n) is 5.80. The molecule has 0 aromatic carbocycles. The Bertz CT molecular complexity index is 302. The summed E-state index contributed by atoms with van der Waals surface area (Å²) in [6.07, 6.45) is 2.66. The maximum Gasteiger partial charge on any atom is 0.382 e. The second-order valence-corrected chi connectivity index (χ2v) is 2.46. The fourth-order valence-electron chi connectivity index (χ4n) is 0.529. The van der Waals surface area contributed by atoms with Gasteiger partial charge in [0.15, 0.2) is 0 Å². The van der Waals surface area contributed by atoms with Gasteiger partial charge in [0.25, 0.3) is 0 Å². The van der Waals surface area contributed by atoms with Crippen LogP contribution in [0.4, 0.5) is 0 Å². The Morgan fingerprint density at radius 3 is 2.58 bits per heavy atom. The van der Waals surface area contributed by atoms with Crippen molar-refractivity contribution < 1.29 is 18.8 Å². The smallest absolute Gasteiger partial charge is 0.382 e. The van der Waals surface area contributed by atoms with Gasteiger partial charge >= 0.3 is 14.2 Å². The fourth-order valence-corrected chi connectivity index (χ4v) is 0.779. The van der Waals surface area contributed by atoms with E-state index in [2.05, 4.69) is 14.5 Å². The predicted octanol–water partition coefficient (Wildman–Crippen LogP) is 0.0154. The molecule has 6 nitrogen and oxygen atoms in total. The molecule has 0 bridgehead atoms. The van der Waals surface area contributed by atoms with Crippen LogP contribution in [0.15, 0.2) is 18.5 Å². The van der Waals surface area contributed by atoms with Crippen molar-refractivity contribution in [1.29, 1.82) is 0 Å². The van der Waals surface area contributed by atoms with E-state index in [9.17, 15) is 9.36 Å². The lowest BCUT2D eigenvalue weighted by Crippen LogP contribution is -2.04. The first-order chi connectivity index (χ1) is 5.70. The molecule has 0 amide bonds. The molecule has 1 aromatic heterocycles. The highest BCUT2D eigenvalue weighted by Crippen LogP contribution is 2.15. The molecule has 0 aliphatic carbocycles. The Balaban J connectivity index is 2.73. The van der Waals surface area contributed by atoms with Gasteiger partial charge in [0, 0.05) is 12.4 Å². The number of carbonyl (C=O) groups is 1. The zero-order valence-corrected chi connectivity index (χ0v) is 6.80. The van der Waals surface area contributed by atoms with Crippen LogP contribution in [0.5, 0.6) is 0 Å². The summed E-state index contributed by atoms with van der Waals surface area (Å²) in [6, 6.07) is 1.51. The van der Waals surface area contributed by atoms with Crippen LogP contribution >= 0.6 is 8.25 Å². The van der Waals surface area contributed by atoms with Crippen molar-refractivity contribution in [3.8, 4) is 0 Å². The quantitative estimate of drug-likeness (QED) is 0.657. The largest absolute Gasteiger partial charge is 0.388 e. The van der Waals surface area contributed by atoms with Gasteiger partial charge < -0.3 is 9.42 Å². The number of carbonyl (C=O) groups excluding carboxylic acids is 1. The molecule has 0 radical (unpaired) electrons. The molecular weight excluding hydrogens is 183 g/mol. The van der Waals surface area contributed by atoms with Crippen molar-refractivity contribution in [2.75, 3.05) is 0 Å². The van der Waals surface area contributed by atoms with Crippen LogP contribution in [0, 0.1) is 0 Å². The minimum absolute atomic E-state index is 0.232. The van der Waals surface area contributed by atoms with Gasteiger partial charge in [-0.1, -0.05) is 0 Å². The number of hydrogen-bond donors (Lipinski definition) is 1. The van der Waals surface area contributed by atoms with Crippen molar-refractivity contribution >= 4 is 14.2 Å². The molecule has 1 N–H and O–H groups in total. The minimum atomic E-state index is -3.26. The van der Waals surface area contributed by atoms with Gasteiger partial charge in [-0.25, -0.2) is 19.3 Å². The van der Waals surface area contributed by atoms with Gasteiger partial charge in [-0.2, -0.15) is 0 Å². The van der Waals surface area contributed by atoms with Crippen LogP contribution in [0.25, 0.3) is 0 Å². The molecule has 12 heavy (non-hydrogen) atoms. The van der Waals surface area contributed by atoms with E-state index in [4.69, 9.17) is 4.89 Å². The second-order valence-electron chi connectivity index (χ2n) is 1.73. The Morgan fingerprint density at radius 2 is 2.08 bits per heavy atom. The van der Waals surface area contributed by atoms with Gasteiger partial charge in [0.2, 0.25) is 5.82 Å². The molecule has 0 aliphatic rings. The molecule has 0 saturated carbocycles. The van der Waals surface area contributed by atoms with E-state index in [0.29, 0.717) is 0 Å². The zero-order chi connectivity index (χ0) is 8.97. The van der Waals surface area contributed by atoms with Crippen molar-refractivity contribution in [1.82, 2.24) is 9.97 Å². The van der Waals surface area contributed by atoms with Gasteiger partial charge in [0.1, 0.15) is 0 Å². The third-order valence-electron chi connectivity index (χ3n) is 0.928. The first-order valence-corrected chi connectivity index (χ1v) is 4.18. The average Bonchev–Trinajstić information content (AvgIpc) is 2.05. The maximum atomic E-state index is 10.8. The maximum absolute atomic E-state index is 10.8. The summed E-state index contributed by atoms with van der Waals surface area (Å²) >= 11 is 0. The molecule has 1 atom stereocenters. The van der Waals surface area contributed by atoms with E-state index < -0.39 is 14.2 Å². The summed E-state index contributed by atoms with van der Waals surface area (Å²) in [5.41, 5.74) is 0. The number of rotatable bonds is 2. The average molecular weight is 188 g/mol. The first-order valence-electron chi connectivity index (χ1n) is 2.92. The second kappa shape index (κ2) is 3.94. The monoisotopic (exact) mass is 188 g/mol. The lowest BCUT2D eigenvalue weighted by Gasteiger charge is -1.96. The molecule has 0 fully saturated rings. The highest BCUT2D eigenvalue weighted by molar-refractivity contribution is 7.32. The summed E-state index contributed by atoms with van der Waals surface area (Å²) in [5.74, 6) is -1.23. The van der Waals surface area contributed by atoms with E-state index >= 15 is 0 Å². The lowest BCUT2D eigenvalue weighted by atomic mass is 10.6. The Kier molecular flexibility index (Phi) is 2.90. The van der Waals surface area contributed by atoms with Crippen molar-refractivity contribution in [2.24, 2.45) is 0 Å². The van der Waals surface area contributed by atoms with Gasteiger partial charge in [0.05, 0.1) is 0 Å². The normalized spacial score (nSPS) is 12.1. The molecular formula is C5H5N2O4P. The number of aromatic nitrogens is 2. The van der Waals surface area contributed by atoms with Crippen LogP contribution in [0.2, 0.25) is 0 Å². The Morgan fingerprint density at radius 1 is 1.50 bits per heavy atom. The predicted molar refractivity (Wildman–Crippen MR) is 38.7 cm³/mol. The molecule has 0 spiro atoms. The highest BCUT2D eigenvalue weighted by atomic mass is 31.1. The van der Waals surface area contributed by atoms with Crippen molar-refractivity contribution in [2.45, 2.75) is 0 Å². The molecule has 0 saturated heterocycles. The molecule has 1 aromatic rings. The van der Waals surface area contributed by atoms with Crippen LogP contribution in [-0.2, 0) is 9.09 Å². The van der Waals surface area contributed by atoms with Crippen LogP contribution in [0.1, 0.15) is 10.6 Å². The molecule has 7 heteroatoms. The van der Waals surface area contributed by atoms with Crippen LogP contribution in [0.3, 0.4) is 0 Å². The summed E-state index contributed by atoms with van der Waals surface area (Å²) < 4.78 is 14.0. The van der Waals surface area contributed by atoms with Crippen molar-refractivity contribution in [3.63, 3.8) is 0 Å². The minimum Gasteiger partial charge on any atom is -0.388 e. The first kappa shape index (κ1) is 8.83. The van der Waals surface area contributed by atoms with Gasteiger partial charge in [-0.3, -0.25) is 0 Å². The Labute approximate surface area is 68.2 Å². The summed E-state index contributed by atoms with van der Waals surface area (Å²) in [4.78, 5) is 26.0. The number of nitrogens with zero attached hydrogens (tertiary/aromatic N) is 2. The Hall–Kier alpha value is -1.26. The third-order valence-corrected chi connectivity index (χ3v) is 1.29. The molecule has 0 aliphatic heterocycles. The van der Waals surface area contributed by atoms with E-state index in [1.54, 1.807) is 0 Å². The van der Waals surface area contributed by atoms with Crippen molar-refractivity contribution in [3.05, 3.63) is 24.3 Å². The van der Waals surface area contributed by atoms with Crippen LogP contribution < -0.4 is 0 Å². The SMILES string of the molecule is O=C(O[PH](=O)O)c1ncccn1. The van der Waals surface area contributed by atoms with Gasteiger partial charge in [-0.15, -0.1) is 0 Å². The molecule has 64 valence electrons. The molecule has 1 rings (SSSR count). The van der Waals surface area contributed by atoms with E-state index in [0.717, 1.165) is 0 Å². The van der Waals surface area contributed by atoms with E-state index in [1.807, 2.05) is 0 Å². The lowest BCUT2D eigenvalue weighted by molar-refractivity contribution is 0.0718.